The fraction of sp³-hybridized carbons (Fsp3) is 0.0833. The van der Waals surface area contributed by atoms with Crippen molar-refractivity contribution in [2.24, 2.45) is 0 Å². The molecule has 0 fully saturated rings. The zero-order chi connectivity index (χ0) is 21.1. The molecule has 0 spiro atoms. The van der Waals surface area contributed by atoms with Crippen molar-refractivity contribution in [3.05, 3.63) is 89.5 Å². The molecule has 0 aromatic heterocycles. The van der Waals surface area contributed by atoms with Crippen molar-refractivity contribution in [3.8, 4) is 22.9 Å². The quantitative estimate of drug-likeness (QED) is 0.372. The van der Waals surface area contributed by atoms with Crippen LogP contribution in [-0.2, 0) is 4.79 Å². The molecule has 1 aliphatic heterocycles. The fourth-order valence-corrected chi connectivity index (χ4v) is 3.28. The number of carbonyl (C=O) groups excluding carboxylic acids is 3. The Balaban J connectivity index is 1.35. The molecule has 0 bridgehead atoms. The maximum atomic E-state index is 12.3. The summed E-state index contributed by atoms with van der Waals surface area (Å²) in [6, 6.07) is 22.8. The number of hydrogen-bond donors (Lipinski definition) is 0. The van der Waals surface area contributed by atoms with Gasteiger partial charge in [-0.1, -0.05) is 36.4 Å². The summed E-state index contributed by atoms with van der Waals surface area (Å²) in [5, 5.41) is 8.87. The third kappa shape index (κ3) is 3.69. The van der Waals surface area contributed by atoms with Crippen LogP contribution in [0, 0.1) is 11.3 Å². The SMILES string of the molecule is N#Cc1ccc(-c2ccc(OC(=O)CCN3C(=O)c4ccccc4C3=O)cc2)cc1. The summed E-state index contributed by atoms with van der Waals surface area (Å²) in [5.41, 5.74) is 3.16. The molecule has 3 aromatic rings. The van der Waals surface area contributed by atoms with Crippen LogP contribution in [0.2, 0.25) is 0 Å². The number of esters is 1. The van der Waals surface area contributed by atoms with Crippen LogP contribution in [-0.4, -0.2) is 29.2 Å². The van der Waals surface area contributed by atoms with E-state index in [1.807, 2.05) is 24.3 Å². The minimum Gasteiger partial charge on any atom is -0.426 e. The molecule has 0 aliphatic carbocycles. The van der Waals surface area contributed by atoms with Crippen LogP contribution < -0.4 is 4.74 Å². The molecule has 0 saturated carbocycles. The van der Waals surface area contributed by atoms with Crippen LogP contribution in [0.5, 0.6) is 5.75 Å². The van der Waals surface area contributed by atoms with Crippen LogP contribution in [0.25, 0.3) is 11.1 Å². The predicted octanol–water partition coefficient (Wildman–Crippen LogP) is 3.82. The zero-order valence-electron chi connectivity index (χ0n) is 15.9. The highest BCUT2D eigenvalue weighted by Crippen LogP contribution is 2.24. The summed E-state index contributed by atoms with van der Waals surface area (Å²) >= 11 is 0. The van der Waals surface area contributed by atoms with Gasteiger partial charge >= 0.3 is 5.97 Å². The van der Waals surface area contributed by atoms with Gasteiger partial charge in [-0.2, -0.15) is 5.26 Å². The van der Waals surface area contributed by atoms with Gasteiger partial charge in [0, 0.05) is 6.54 Å². The van der Waals surface area contributed by atoms with Crippen LogP contribution in [0.4, 0.5) is 0 Å². The highest BCUT2D eigenvalue weighted by molar-refractivity contribution is 6.21. The molecule has 2 amide bonds. The van der Waals surface area contributed by atoms with E-state index in [1.165, 1.54) is 0 Å². The lowest BCUT2D eigenvalue weighted by Crippen LogP contribution is -2.32. The van der Waals surface area contributed by atoms with Gasteiger partial charge in [0.2, 0.25) is 0 Å². The monoisotopic (exact) mass is 396 g/mol. The highest BCUT2D eigenvalue weighted by atomic mass is 16.5. The van der Waals surface area contributed by atoms with Gasteiger partial charge in [0.1, 0.15) is 5.75 Å². The molecule has 1 heterocycles. The standard InChI is InChI=1S/C24H16N2O4/c25-15-16-5-7-17(8-6-16)18-9-11-19(12-10-18)30-22(27)13-14-26-23(28)20-3-1-2-4-21(20)24(26)29/h1-12H,13-14H2. The number of nitriles is 1. The summed E-state index contributed by atoms with van der Waals surface area (Å²) in [7, 11) is 0. The highest BCUT2D eigenvalue weighted by Gasteiger charge is 2.35. The number of amides is 2. The maximum absolute atomic E-state index is 12.3. The molecule has 0 N–H and O–H groups in total. The molecular formula is C24H16N2O4. The Kier molecular flexibility index (Phi) is 5.10. The second-order valence-electron chi connectivity index (χ2n) is 6.75. The third-order valence-corrected chi connectivity index (χ3v) is 4.85. The van der Waals surface area contributed by atoms with Gasteiger partial charge in [-0.15, -0.1) is 0 Å². The molecule has 30 heavy (non-hydrogen) atoms. The zero-order valence-corrected chi connectivity index (χ0v) is 15.9. The van der Waals surface area contributed by atoms with E-state index in [-0.39, 0.29) is 13.0 Å². The van der Waals surface area contributed by atoms with Crippen molar-refractivity contribution < 1.29 is 19.1 Å². The lowest BCUT2D eigenvalue weighted by molar-refractivity contribution is -0.134. The van der Waals surface area contributed by atoms with Crippen LogP contribution in [0.3, 0.4) is 0 Å². The molecule has 0 radical (unpaired) electrons. The Labute approximate surface area is 172 Å². The Morgan fingerprint density at radius 1 is 0.833 bits per heavy atom. The van der Waals surface area contributed by atoms with E-state index in [2.05, 4.69) is 6.07 Å². The number of carbonyl (C=O) groups is 3. The van der Waals surface area contributed by atoms with Crippen LogP contribution in [0.1, 0.15) is 32.7 Å². The van der Waals surface area contributed by atoms with Gasteiger partial charge in [0.15, 0.2) is 0 Å². The van der Waals surface area contributed by atoms with E-state index in [9.17, 15) is 14.4 Å². The molecule has 0 unspecified atom stereocenters. The number of imide groups is 1. The van der Waals surface area contributed by atoms with E-state index in [0.29, 0.717) is 22.4 Å². The van der Waals surface area contributed by atoms with Gasteiger partial charge in [-0.3, -0.25) is 19.3 Å². The molecule has 0 atom stereocenters. The van der Waals surface area contributed by atoms with E-state index in [4.69, 9.17) is 10.00 Å². The van der Waals surface area contributed by atoms with Gasteiger partial charge in [-0.25, -0.2) is 0 Å². The lowest BCUT2D eigenvalue weighted by Gasteiger charge is -2.13. The lowest BCUT2D eigenvalue weighted by atomic mass is 10.0. The Morgan fingerprint density at radius 2 is 1.37 bits per heavy atom. The first-order valence-corrected chi connectivity index (χ1v) is 9.33. The fourth-order valence-electron chi connectivity index (χ4n) is 3.28. The first kappa shape index (κ1) is 19.1. The summed E-state index contributed by atoms with van der Waals surface area (Å²) in [5.74, 6) is -0.942. The smallest absolute Gasteiger partial charge is 0.312 e. The normalized spacial score (nSPS) is 12.4. The number of hydrogen-bond acceptors (Lipinski definition) is 5. The number of nitrogens with zero attached hydrogens (tertiary/aromatic N) is 2. The molecule has 1 aliphatic rings. The molecular weight excluding hydrogens is 380 g/mol. The second-order valence-corrected chi connectivity index (χ2v) is 6.75. The van der Waals surface area contributed by atoms with Crippen molar-refractivity contribution in [1.82, 2.24) is 4.90 Å². The van der Waals surface area contributed by atoms with Gasteiger partial charge < -0.3 is 4.74 Å². The molecule has 3 aromatic carbocycles. The summed E-state index contributed by atoms with van der Waals surface area (Å²) in [4.78, 5) is 37.9. The minimum atomic E-state index is -0.530. The van der Waals surface area contributed by atoms with Crippen molar-refractivity contribution in [1.29, 1.82) is 5.26 Å². The first-order chi connectivity index (χ1) is 14.6. The average molecular weight is 396 g/mol. The summed E-state index contributed by atoms with van der Waals surface area (Å²) < 4.78 is 5.32. The average Bonchev–Trinajstić information content (AvgIpc) is 3.03. The van der Waals surface area contributed by atoms with Crippen molar-refractivity contribution in [2.45, 2.75) is 6.42 Å². The van der Waals surface area contributed by atoms with Gasteiger partial charge in [0.25, 0.3) is 11.8 Å². The first-order valence-electron chi connectivity index (χ1n) is 9.33. The number of ether oxygens (including phenoxy) is 1. The number of rotatable bonds is 5. The van der Waals surface area contributed by atoms with E-state index < -0.39 is 17.8 Å². The Hall–Kier alpha value is -4.24. The second kappa shape index (κ2) is 8.02. The molecule has 6 heteroatoms. The Morgan fingerprint density at radius 3 is 1.90 bits per heavy atom. The van der Waals surface area contributed by atoms with Gasteiger partial charge in [-0.05, 0) is 47.5 Å². The van der Waals surface area contributed by atoms with E-state index in [1.54, 1.807) is 48.5 Å². The molecule has 146 valence electrons. The summed E-state index contributed by atoms with van der Waals surface area (Å²) in [6.45, 7) is -0.0332. The summed E-state index contributed by atoms with van der Waals surface area (Å²) in [6.07, 6.45) is -0.0944. The topological polar surface area (TPSA) is 87.5 Å². The predicted molar refractivity (Wildman–Crippen MR) is 109 cm³/mol. The van der Waals surface area contributed by atoms with Crippen molar-refractivity contribution in [3.63, 3.8) is 0 Å². The van der Waals surface area contributed by atoms with Gasteiger partial charge in [0.05, 0.1) is 29.2 Å². The van der Waals surface area contributed by atoms with Crippen molar-refractivity contribution >= 4 is 17.8 Å². The largest absolute Gasteiger partial charge is 0.426 e. The molecule has 6 nitrogen and oxygen atoms in total. The molecule has 0 saturated heterocycles. The minimum absolute atomic E-state index is 0.0332. The Bertz CT molecular complexity index is 1140. The maximum Gasteiger partial charge on any atom is 0.312 e. The van der Waals surface area contributed by atoms with Crippen molar-refractivity contribution in [2.75, 3.05) is 6.54 Å². The number of fused-ring (bicyclic) bond motifs is 1. The van der Waals surface area contributed by atoms with E-state index in [0.717, 1.165) is 16.0 Å². The third-order valence-electron chi connectivity index (χ3n) is 4.85. The van der Waals surface area contributed by atoms with Crippen LogP contribution in [0.15, 0.2) is 72.8 Å². The van der Waals surface area contributed by atoms with E-state index >= 15 is 0 Å². The molecule has 4 rings (SSSR count). The number of benzene rings is 3. The van der Waals surface area contributed by atoms with Crippen LogP contribution >= 0.6 is 0 Å².